The third kappa shape index (κ3) is 68.2. The number of ether oxygens (including phenoxy) is 3. The van der Waals surface area contributed by atoms with E-state index in [1.807, 2.05) is 0 Å². The van der Waals surface area contributed by atoms with Gasteiger partial charge < -0.3 is 14.2 Å². The molecule has 0 heterocycles. The number of esters is 3. The van der Waals surface area contributed by atoms with Crippen molar-refractivity contribution in [2.24, 2.45) is 0 Å². The summed E-state index contributed by atoms with van der Waals surface area (Å²) in [5.41, 5.74) is 0. The zero-order valence-corrected chi connectivity index (χ0v) is 55.3. The summed E-state index contributed by atoms with van der Waals surface area (Å²) in [6.07, 6.45) is 90.1. The van der Waals surface area contributed by atoms with E-state index < -0.39 is 6.10 Å². The molecule has 0 aromatic heterocycles. The molecule has 0 fully saturated rings. The first-order chi connectivity index (χ1) is 40.5. The van der Waals surface area contributed by atoms with Crippen molar-refractivity contribution in [1.29, 1.82) is 0 Å². The van der Waals surface area contributed by atoms with Crippen molar-refractivity contribution < 1.29 is 28.6 Å². The van der Waals surface area contributed by atoms with Crippen LogP contribution in [-0.2, 0) is 28.6 Å². The monoisotopic (exact) mass is 1150 g/mol. The number of hydrogen-bond donors (Lipinski definition) is 0. The maximum Gasteiger partial charge on any atom is 0.306 e. The minimum atomic E-state index is -0.780. The average Bonchev–Trinajstić information content (AvgIpc) is 3.47. The lowest BCUT2D eigenvalue weighted by molar-refractivity contribution is -0.167. The highest BCUT2D eigenvalue weighted by Crippen LogP contribution is 2.19. The van der Waals surface area contributed by atoms with Gasteiger partial charge in [-0.2, -0.15) is 0 Å². The van der Waals surface area contributed by atoms with Gasteiger partial charge in [0.15, 0.2) is 6.10 Å². The highest BCUT2D eigenvalue weighted by molar-refractivity contribution is 5.71. The second-order valence-electron chi connectivity index (χ2n) is 24.8. The van der Waals surface area contributed by atoms with Crippen LogP contribution in [0.2, 0.25) is 0 Å². The van der Waals surface area contributed by atoms with Crippen LogP contribution in [0.5, 0.6) is 0 Å². The molecule has 0 aliphatic rings. The number of unbranched alkanes of at least 4 members (excludes halogenated alkanes) is 49. The molecule has 0 aromatic carbocycles. The number of carbonyl (C=O) groups is 3. The minimum Gasteiger partial charge on any atom is -0.462 e. The predicted molar refractivity (Wildman–Crippen MR) is 358 cm³/mol. The first kappa shape index (κ1) is 79.4. The van der Waals surface area contributed by atoms with Crippen LogP contribution in [0.15, 0.2) is 48.6 Å². The summed E-state index contributed by atoms with van der Waals surface area (Å²) in [6.45, 7) is 6.60. The van der Waals surface area contributed by atoms with E-state index in [4.69, 9.17) is 14.2 Å². The largest absolute Gasteiger partial charge is 0.462 e. The quantitative estimate of drug-likeness (QED) is 0.0261. The molecule has 0 aliphatic heterocycles. The van der Waals surface area contributed by atoms with Crippen molar-refractivity contribution in [2.45, 2.75) is 406 Å². The van der Waals surface area contributed by atoms with Gasteiger partial charge in [0.2, 0.25) is 0 Å². The molecular weight excluding hydrogens is 1010 g/mol. The van der Waals surface area contributed by atoms with Crippen LogP contribution in [-0.4, -0.2) is 37.2 Å². The first-order valence-electron chi connectivity index (χ1n) is 36.6. The van der Waals surface area contributed by atoms with E-state index in [-0.39, 0.29) is 31.1 Å². The molecule has 0 aliphatic carbocycles. The van der Waals surface area contributed by atoms with Crippen molar-refractivity contribution in [1.82, 2.24) is 0 Å². The standard InChI is InChI=1S/C76H140O6/c1-4-7-10-13-16-19-22-25-28-31-33-34-35-36-37-38-39-40-41-42-44-45-48-51-54-57-60-63-66-69-75(78)81-72-73(71-80-74(77)68-65-62-59-56-53-50-47-30-27-24-21-18-15-12-9-6-3)82-76(79)70-67-64-61-58-55-52-49-46-43-32-29-26-23-20-17-14-11-8-5-2/h8,11,17,20,26,29,43,46,73H,4-7,9-10,12-16,18-19,21-25,27-28,30-42,44-45,47-72H2,1-3H3/b11-8-,20-17-,29-26-,46-43-. The molecule has 82 heavy (non-hydrogen) atoms. The van der Waals surface area contributed by atoms with Crippen molar-refractivity contribution >= 4 is 17.9 Å². The van der Waals surface area contributed by atoms with E-state index in [2.05, 4.69) is 69.4 Å². The van der Waals surface area contributed by atoms with Crippen LogP contribution in [0.4, 0.5) is 0 Å². The lowest BCUT2D eigenvalue weighted by Crippen LogP contribution is -2.30. The molecule has 480 valence electrons. The number of carbonyl (C=O) groups excluding carboxylic acids is 3. The summed E-state index contributed by atoms with van der Waals surface area (Å²) in [7, 11) is 0. The van der Waals surface area contributed by atoms with Crippen LogP contribution in [0.25, 0.3) is 0 Å². The average molecular weight is 1150 g/mol. The van der Waals surface area contributed by atoms with Gasteiger partial charge in [-0.1, -0.05) is 371 Å². The Hall–Kier alpha value is -2.63. The third-order valence-electron chi connectivity index (χ3n) is 16.6. The normalized spacial score (nSPS) is 12.3. The van der Waals surface area contributed by atoms with Gasteiger partial charge in [0.05, 0.1) is 0 Å². The van der Waals surface area contributed by atoms with Gasteiger partial charge in [0.25, 0.3) is 0 Å². The summed E-state index contributed by atoms with van der Waals surface area (Å²) in [5.74, 6) is -0.858. The van der Waals surface area contributed by atoms with E-state index in [0.717, 1.165) is 96.3 Å². The van der Waals surface area contributed by atoms with Crippen molar-refractivity contribution in [2.75, 3.05) is 13.2 Å². The fraction of sp³-hybridized carbons (Fsp3) is 0.855. The van der Waals surface area contributed by atoms with Crippen LogP contribution in [0.1, 0.15) is 400 Å². The summed E-state index contributed by atoms with van der Waals surface area (Å²) in [6, 6.07) is 0. The zero-order valence-electron chi connectivity index (χ0n) is 55.3. The van der Waals surface area contributed by atoms with E-state index in [1.54, 1.807) is 0 Å². The fourth-order valence-corrected chi connectivity index (χ4v) is 11.1. The highest BCUT2D eigenvalue weighted by Gasteiger charge is 2.19. The predicted octanol–water partition coefficient (Wildman–Crippen LogP) is 25.3. The molecule has 0 radical (unpaired) electrons. The van der Waals surface area contributed by atoms with Gasteiger partial charge in [0.1, 0.15) is 13.2 Å². The van der Waals surface area contributed by atoms with Crippen molar-refractivity contribution in [3.63, 3.8) is 0 Å². The molecule has 6 nitrogen and oxygen atoms in total. The lowest BCUT2D eigenvalue weighted by atomic mass is 10.0. The summed E-state index contributed by atoms with van der Waals surface area (Å²) in [5, 5.41) is 0. The molecule has 0 N–H and O–H groups in total. The van der Waals surface area contributed by atoms with Gasteiger partial charge in [-0.25, -0.2) is 0 Å². The van der Waals surface area contributed by atoms with Crippen molar-refractivity contribution in [3.8, 4) is 0 Å². The second-order valence-corrected chi connectivity index (χ2v) is 24.8. The first-order valence-corrected chi connectivity index (χ1v) is 36.6. The van der Waals surface area contributed by atoms with Gasteiger partial charge in [-0.15, -0.1) is 0 Å². The Labute approximate surface area is 511 Å². The Balaban J connectivity index is 4.23. The van der Waals surface area contributed by atoms with Gasteiger partial charge in [-0.3, -0.25) is 14.4 Å². The van der Waals surface area contributed by atoms with Crippen LogP contribution < -0.4 is 0 Å². The van der Waals surface area contributed by atoms with Crippen LogP contribution in [0.3, 0.4) is 0 Å². The lowest BCUT2D eigenvalue weighted by Gasteiger charge is -2.18. The van der Waals surface area contributed by atoms with Gasteiger partial charge >= 0.3 is 17.9 Å². The summed E-state index contributed by atoms with van der Waals surface area (Å²) < 4.78 is 17.0. The molecule has 0 saturated carbocycles. The Kier molecular flexibility index (Phi) is 68.6. The zero-order chi connectivity index (χ0) is 59.2. The number of hydrogen-bond acceptors (Lipinski definition) is 6. The summed E-state index contributed by atoms with van der Waals surface area (Å²) in [4.78, 5) is 38.5. The third-order valence-corrected chi connectivity index (χ3v) is 16.6. The molecular formula is C76H140O6. The highest BCUT2D eigenvalue weighted by atomic mass is 16.6. The van der Waals surface area contributed by atoms with Crippen molar-refractivity contribution in [3.05, 3.63) is 48.6 Å². The van der Waals surface area contributed by atoms with E-state index in [9.17, 15) is 14.4 Å². The molecule has 0 aromatic rings. The van der Waals surface area contributed by atoms with E-state index in [1.165, 1.54) is 263 Å². The Bertz CT molecular complexity index is 1410. The Morgan fingerprint density at radius 2 is 0.476 bits per heavy atom. The molecule has 0 saturated heterocycles. The fourth-order valence-electron chi connectivity index (χ4n) is 11.1. The van der Waals surface area contributed by atoms with E-state index in [0.29, 0.717) is 19.3 Å². The van der Waals surface area contributed by atoms with Gasteiger partial charge in [0, 0.05) is 19.3 Å². The summed E-state index contributed by atoms with van der Waals surface area (Å²) >= 11 is 0. The number of allylic oxidation sites excluding steroid dienone is 8. The molecule has 0 bridgehead atoms. The van der Waals surface area contributed by atoms with Crippen LogP contribution in [0, 0.1) is 0 Å². The van der Waals surface area contributed by atoms with E-state index >= 15 is 0 Å². The topological polar surface area (TPSA) is 78.9 Å². The van der Waals surface area contributed by atoms with Crippen LogP contribution >= 0.6 is 0 Å². The molecule has 6 heteroatoms. The maximum absolute atomic E-state index is 13.0. The molecule has 1 atom stereocenters. The minimum absolute atomic E-state index is 0.0737. The SMILES string of the molecule is CC/C=C\C/C=C\C/C=C\C/C=C\CCCCCCCCC(=O)OC(COC(=O)CCCCCCCCCCCCCCCCCC)COC(=O)CCCCCCCCCCCCCCCCCCCCCCCCCCCCCCC. The Morgan fingerprint density at radius 1 is 0.256 bits per heavy atom. The molecule has 0 amide bonds. The molecule has 0 rings (SSSR count). The number of rotatable bonds is 68. The smallest absolute Gasteiger partial charge is 0.306 e. The van der Waals surface area contributed by atoms with Gasteiger partial charge in [-0.05, 0) is 57.8 Å². The second kappa shape index (κ2) is 70.9. The Morgan fingerprint density at radius 3 is 0.744 bits per heavy atom. The molecule has 0 spiro atoms. The molecule has 1 unspecified atom stereocenters. The maximum atomic E-state index is 13.0.